The number of fused-ring (bicyclic) bond motifs is 3. The van der Waals surface area contributed by atoms with Crippen molar-refractivity contribution in [3.8, 4) is 0 Å². The number of aryl methyl sites for hydroxylation is 2. The third-order valence-corrected chi connectivity index (χ3v) is 6.60. The summed E-state index contributed by atoms with van der Waals surface area (Å²) in [6, 6.07) is 10.2. The zero-order valence-electron chi connectivity index (χ0n) is 17.6. The van der Waals surface area contributed by atoms with E-state index in [9.17, 15) is 4.79 Å². The Bertz CT molecular complexity index is 1040. The molecule has 0 radical (unpaired) electrons. The average molecular weight is 404 g/mol. The van der Waals surface area contributed by atoms with Crippen LogP contribution in [0.2, 0.25) is 0 Å². The average Bonchev–Trinajstić information content (AvgIpc) is 3.19. The Kier molecular flexibility index (Phi) is 5.15. The van der Waals surface area contributed by atoms with Crippen LogP contribution in [0.4, 0.5) is 5.82 Å². The van der Waals surface area contributed by atoms with Crippen molar-refractivity contribution in [1.29, 1.82) is 0 Å². The number of aromatic nitrogens is 3. The van der Waals surface area contributed by atoms with E-state index in [4.69, 9.17) is 10.1 Å². The lowest BCUT2D eigenvalue weighted by Gasteiger charge is -2.37. The molecule has 0 N–H and O–H groups in total. The van der Waals surface area contributed by atoms with Crippen molar-refractivity contribution in [2.75, 3.05) is 31.1 Å². The molecular weight excluding hydrogens is 374 g/mol. The first-order valence-corrected chi connectivity index (χ1v) is 11.2. The Morgan fingerprint density at radius 1 is 1.07 bits per heavy atom. The van der Waals surface area contributed by atoms with Crippen molar-refractivity contribution >= 4 is 17.2 Å². The van der Waals surface area contributed by atoms with E-state index in [1.807, 2.05) is 40.0 Å². The number of carbonyl (C=O) groups is 1. The number of rotatable bonds is 4. The predicted molar refractivity (Wildman–Crippen MR) is 118 cm³/mol. The number of amides is 1. The molecule has 1 atom stereocenters. The van der Waals surface area contributed by atoms with Gasteiger partial charge in [-0.3, -0.25) is 4.79 Å². The van der Waals surface area contributed by atoms with E-state index in [0.29, 0.717) is 0 Å². The van der Waals surface area contributed by atoms with Crippen molar-refractivity contribution in [3.05, 3.63) is 59.5 Å². The van der Waals surface area contributed by atoms with Crippen LogP contribution in [-0.4, -0.2) is 51.6 Å². The largest absolute Gasteiger partial charge is 0.351 e. The molecule has 156 valence electrons. The van der Waals surface area contributed by atoms with Crippen LogP contribution < -0.4 is 4.90 Å². The number of benzene rings is 1. The molecule has 1 amide bonds. The molecule has 1 aromatic carbocycles. The fourth-order valence-corrected chi connectivity index (χ4v) is 4.98. The summed E-state index contributed by atoms with van der Waals surface area (Å²) in [5.41, 5.74) is 4.89. The Morgan fingerprint density at radius 2 is 1.83 bits per heavy atom. The fourth-order valence-electron chi connectivity index (χ4n) is 4.98. The first-order chi connectivity index (χ1) is 14.8. The highest BCUT2D eigenvalue weighted by Gasteiger charge is 2.29. The van der Waals surface area contributed by atoms with Gasteiger partial charge >= 0.3 is 0 Å². The van der Waals surface area contributed by atoms with Crippen molar-refractivity contribution in [1.82, 2.24) is 19.5 Å². The number of nitrogens with zero attached hydrogens (tertiary/aromatic N) is 5. The van der Waals surface area contributed by atoms with Crippen LogP contribution in [0.15, 0.2) is 42.7 Å². The Morgan fingerprint density at radius 3 is 2.60 bits per heavy atom. The van der Waals surface area contributed by atoms with Gasteiger partial charge in [-0.25, -0.2) is 9.50 Å². The molecule has 1 aliphatic carbocycles. The van der Waals surface area contributed by atoms with Crippen molar-refractivity contribution in [2.24, 2.45) is 0 Å². The van der Waals surface area contributed by atoms with Gasteiger partial charge in [0.15, 0.2) is 5.82 Å². The minimum absolute atomic E-state index is 0.0545. The summed E-state index contributed by atoms with van der Waals surface area (Å²) in [7, 11) is 0. The number of carbonyl (C=O) groups excluding carboxylic acids is 1. The quantitative estimate of drug-likeness (QED) is 0.670. The summed E-state index contributed by atoms with van der Waals surface area (Å²) in [5, 5.41) is 4.81. The minimum Gasteiger partial charge on any atom is -0.351 e. The smallest absolute Gasteiger partial charge is 0.230 e. The van der Waals surface area contributed by atoms with Gasteiger partial charge < -0.3 is 9.80 Å². The second-order valence-electron chi connectivity index (χ2n) is 8.36. The molecule has 3 aromatic rings. The van der Waals surface area contributed by atoms with Crippen molar-refractivity contribution in [2.45, 2.75) is 44.9 Å². The molecule has 2 aromatic heterocycles. The van der Waals surface area contributed by atoms with Gasteiger partial charge in [-0.2, -0.15) is 5.10 Å². The summed E-state index contributed by atoms with van der Waals surface area (Å²) in [6.45, 7) is 5.19. The molecule has 1 fully saturated rings. The molecule has 5 rings (SSSR count). The van der Waals surface area contributed by atoms with Gasteiger partial charge in [-0.05, 0) is 37.7 Å². The van der Waals surface area contributed by atoms with Crippen LogP contribution in [0.1, 0.15) is 48.9 Å². The third kappa shape index (κ3) is 3.34. The minimum atomic E-state index is -0.0545. The third-order valence-electron chi connectivity index (χ3n) is 6.60. The molecule has 0 spiro atoms. The normalized spacial score (nSPS) is 17.8. The predicted octanol–water partition coefficient (Wildman–Crippen LogP) is 3.45. The van der Waals surface area contributed by atoms with E-state index in [2.05, 4.69) is 24.0 Å². The van der Waals surface area contributed by atoms with Gasteiger partial charge in [-0.1, -0.05) is 37.3 Å². The van der Waals surface area contributed by atoms with Crippen LogP contribution in [-0.2, 0) is 17.6 Å². The van der Waals surface area contributed by atoms with Crippen LogP contribution in [0.25, 0.3) is 5.52 Å². The summed E-state index contributed by atoms with van der Waals surface area (Å²) >= 11 is 0. The molecule has 6 heteroatoms. The lowest BCUT2D eigenvalue weighted by atomic mass is 9.94. The van der Waals surface area contributed by atoms with E-state index in [-0.39, 0.29) is 11.8 Å². The Labute approximate surface area is 177 Å². The number of piperazine rings is 1. The molecule has 6 nitrogen and oxygen atoms in total. The molecule has 30 heavy (non-hydrogen) atoms. The van der Waals surface area contributed by atoms with Gasteiger partial charge in [0.25, 0.3) is 0 Å². The van der Waals surface area contributed by atoms with E-state index in [1.165, 1.54) is 29.6 Å². The lowest BCUT2D eigenvalue weighted by molar-refractivity contribution is -0.133. The molecule has 0 bridgehead atoms. The standard InChI is InChI=1S/C24H29N5O/c1-2-19(18-8-4-3-5-9-18)24(30)28-16-14-27(15-17-28)23-22-20-10-6-7-11-21(20)26-29(22)13-12-25-23/h3-5,8-9,12-13,19H,2,6-7,10-11,14-17H2,1H3/t19-/m1/s1. The van der Waals surface area contributed by atoms with Crippen LogP contribution in [0, 0.1) is 0 Å². The zero-order valence-corrected chi connectivity index (χ0v) is 17.6. The van der Waals surface area contributed by atoms with Gasteiger partial charge in [0, 0.05) is 44.1 Å². The maximum absolute atomic E-state index is 13.2. The fraction of sp³-hybridized carbons (Fsp3) is 0.458. The molecule has 0 unspecified atom stereocenters. The molecule has 3 heterocycles. The van der Waals surface area contributed by atoms with Crippen molar-refractivity contribution < 1.29 is 4.79 Å². The summed E-state index contributed by atoms with van der Waals surface area (Å²) in [4.78, 5) is 22.3. The number of hydrogen-bond donors (Lipinski definition) is 0. The molecule has 0 saturated carbocycles. The van der Waals surface area contributed by atoms with Crippen LogP contribution in [0.3, 0.4) is 0 Å². The maximum Gasteiger partial charge on any atom is 0.230 e. The van der Waals surface area contributed by atoms with E-state index >= 15 is 0 Å². The van der Waals surface area contributed by atoms with E-state index < -0.39 is 0 Å². The van der Waals surface area contributed by atoms with Crippen molar-refractivity contribution in [3.63, 3.8) is 0 Å². The first kappa shape index (κ1) is 19.1. The second-order valence-corrected chi connectivity index (χ2v) is 8.36. The topological polar surface area (TPSA) is 53.7 Å². The van der Waals surface area contributed by atoms with Crippen LogP contribution >= 0.6 is 0 Å². The molecule has 2 aliphatic rings. The monoisotopic (exact) mass is 403 g/mol. The Hall–Kier alpha value is -2.89. The number of hydrogen-bond acceptors (Lipinski definition) is 4. The van der Waals surface area contributed by atoms with Gasteiger partial charge in [0.2, 0.25) is 5.91 Å². The zero-order chi connectivity index (χ0) is 20.5. The molecule has 1 saturated heterocycles. The lowest BCUT2D eigenvalue weighted by Crippen LogP contribution is -2.50. The van der Waals surface area contributed by atoms with E-state index in [1.54, 1.807) is 0 Å². The first-order valence-electron chi connectivity index (χ1n) is 11.2. The summed E-state index contributed by atoms with van der Waals surface area (Å²) < 4.78 is 2.01. The van der Waals surface area contributed by atoms with Gasteiger partial charge in [0.1, 0.15) is 5.52 Å². The summed E-state index contributed by atoms with van der Waals surface area (Å²) in [5.74, 6) is 1.22. The molecular formula is C24H29N5O. The number of anilines is 1. The Balaban J connectivity index is 1.34. The summed E-state index contributed by atoms with van der Waals surface area (Å²) in [6.07, 6.45) is 9.24. The van der Waals surface area contributed by atoms with E-state index in [0.717, 1.165) is 56.8 Å². The highest BCUT2D eigenvalue weighted by molar-refractivity contribution is 5.84. The highest BCUT2D eigenvalue weighted by Crippen LogP contribution is 2.31. The molecule has 1 aliphatic heterocycles. The maximum atomic E-state index is 13.2. The van der Waals surface area contributed by atoms with Gasteiger partial charge in [-0.15, -0.1) is 0 Å². The SMILES string of the molecule is CC[C@@H](C(=O)N1CCN(c2nccn3nc4c(c23)CCCC4)CC1)c1ccccc1. The highest BCUT2D eigenvalue weighted by atomic mass is 16.2. The van der Waals surface area contributed by atoms with Crippen LogP contribution in [0.5, 0.6) is 0 Å². The second kappa shape index (κ2) is 8.09. The van der Waals surface area contributed by atoms with Gasteiger partial charge in [0.05, 0.1) is 11.6 Å².